The fraction of sp³-hybridized carbons (Fsp3) is 0.476. The molecule has 12 nitrogen and oxygen atoms in total. The number of carbonyl (C=O) groups excluding carboxylic acids is 1. The Kier molecular flexibility index (Phi) is 8.87. The minimum atomic E-state index is -4.29. The topological polar surface area (TPSA) is 158 Å². The highest BCUT2D eigenvalue weighted by molar-refractivity contribution is 9.10. The number of para-hydroxylation sites is 1. The van der Waals surface area contributed by atoms with Crippen LogP contribution in [-0.4, -0.2) is 55.4 Å². The number of ether oxygens (including phenoxy) is 2. The maximum absolute atomic E-state index is 13.7. The van der Waals surface area contributed by atoms with Crippen LogP contribution in [0.15, 0.2) is 52.2 Å². The van der Waals surface area contributed by atoms with Crippen molar-refractivity contribution in [2.75, 3.05) is 13.2 Å². The van der Waals surface area contributed by atoms with Gasteiger partial charge in [0.2, 0.25) is 0 Å². The number of aliphatic hydroxyl groups excluding tert-OH is 1. The van der Waals surface area contributed by atoms with Crippen molar-refractivity contribution in [2.24, 2.45) is 0 Å². The van der Waals surface area contributed by atoms with Crippen LogP contribution in [0.3, 0.4) is 0 Å². The molecular weight excluding hydrogens is 585 g/mol. The van der Waals surface area contributed by atoms with E-state index in [0.717, 1.165) is 16.8 Å². The fourth-order valence-corrected chi connectivity index (χ4v) is 5.89. The van der Waals surface area contributed by atoms with Crippen LogP contribution in [0.5, 0.6) is 5.75 Å². The van der Waals surface area contributed by atoms with E-state index in [1.807, 2.05) is 0 Å². The maximum atomic E-state index is 13.7. The molecule has 1 aliphatic heterocycles. The highest BCUT2D eigenvalue weighted by Gasteiger charge is 2.56. The van der Waals surface area contributed by atoms with Crippen molar-refractivity contribution in [3.8, 4) is 5.75 Å². The average Bonchev–Trinajstić information content (AvgIpc) is 3.01. The van der Waals surface area contributed by atoms with Crippen LogP contribution < -0.4 is 20.9 Å². The number of nitrogens with zero attached hydrogens (tertiary/aromatic N) is 1. The standard InChI is InChI=1S/C21H26BrClN3O9P/c1-4-32-18(29)20(2,3)25-36(31,35-13-8-6-5-7-9-13)33-12-14-16(28)21(22,23)17(34-14)26-11-10-15(27)24-19(26)30/h5-11,14,16-17,28H,4,12H2,1-3H3,(H,25,31)(H,24,27,30)/t14-,16-,17-,21+,36-/m1/s1. The van der Waals surface area contributed by atoms with Crippen molar-refractivity contribution < 1.29 is 33.0 Å². The lowest BCUT2D eigenvalue weighted by molar-refractivity contribution is -0.149. The smallest absolute Gasteiger partial charge is 0.459 e. The van der Waals surface area contributed by atoms with Gasteiger partial charge in [0.1, 0.15) is 23.5 Å². The third kappa shape index (κ3) is 6.46. The molecule has 1 saturated heterocycles. The van der Waals surface area contributed by atoms with E-state index in [-0.39, 0.29) is 12.4 Å². The van der Waals surface area contributed by atoms with Gasteiger partial charge in [0.15, 0.2) is 10.0 Å². The molecule has 2 aromatic rings. The van der Waals surface area contributed by atoms with Crippen molar-refractivity contribution in [3.63, 3.8) is 0 Å². The third-order valence-electron chi connectivity index (χ3n) is 5.06. The summed E-state index contributed by atoms with van der Waals surface area (Å²) in [6.45, 7) is 4.09. The Morgan fingerprint density at radius 2 is 2.00 bits per heavy atom. The second-order valence-corrected chi connectivity index (χ2v) is 12.4. The molecular formula is C21H26BrClN3O9P. The number of hydrogen-bond acceptors (Lipinski definition) is 9. The van der Waals surface area contributed by atoms with E-state index >= 15 is 0 Å². The molecule has 15 heteroatoms. The number of H-pyrrole nitrogens is 1. The summed E-state index contributed by atoms with van der Waals surface area (Å²) in [5.41, 5.74) is -2.92. The van der Waals surface area contributed by atoms with Crippen molar-refractivity contribution in [1.29, 1.82) is 0 Å². The molecule has 1 aliphatic rings. The summed E-state index contributed by atoms with van der Waals surface area (Å²) >= 11 is 9.61. The number of aromatic nitrogens is 2. The first-order valence-electron chi connectivity index (χ1n) is 10.8. The highest BCUT2D eigenvalue weighted by atomic mass is 79.9. The van der Waals surface area contributed by atoms with Gasteiger partial charge in [0.25, 0.3) is 5.56 Å². The zero-order valence-corrected chi connectivity index (χ0v) is 22.8. The first-order valence-corrected chi connectivity index (χ1v) is 13.5. The molecule has 0 aliphatic carbocycles. The predicted molar refractivity (Wildman–Crippen MR) is 133 cm³/mol. The number of halogens is 2. The van der Waals surface area contributed by atoms with Crippen molar-refractivity contribution in [1.82, 2.24) is 14.6 Å². The van der Waals surface area contributed by atoms with Gasteiger partial charge in [-0.3, -0.25) is 23.7 Å². The van der Waals surface area contributed by atoms with E-state index in [4.69, 9.17) is 30.1 Å². The molecule has 198 valence electrons. The zero-order chi connectivity index (χ0) is 26.7. The van der Waals surface area contributed by atoms with Gasteiger partial charge < -0.3 is 19.1 Å². The zero-order valence-electron chi connectivity index (χ0n) is 19.6. The average molecular weight is 611 g/mol. The van der Waals surface area contributed by atoms with E-state index in [9.17, 15) is 24.1 Å². The molecule has 5 atom stereocenters. The van der Waals surface area contributed by atoms with Gasteiger partial charge in [-0.1, -0.05) is 45.7 Å². The van der Waals surface area contributed by atoms with Crippen LogP contribution in [0.25, 0.3) is 0 Å². The Bertz CT molecular complexity index is 1240. The van der Waals surface area contributed by atoms with Crippen LogP contribution in [0, 0.1) is 0 Å². The number of rotatable bonds is 10. The van der Waals surface area contributed by atoms with Crippen LogP contribution in [0.4, 0.5) is 0 Å². The normalized spacial score (nSPS) is 25.8. The van der Waals surface area contributed by atoms with Crippen molar-refractivity contribution in [3.05, 3.63) is 63.4 Å². The molecule has 1 fully saturated rings. The quantitative estimate of drug-likeness (QED) is 0.207. The maximum Gasteiger partial charge on any atom is 0.459 e. The molecule has 0 bridgehead atoms. The van der Waals surface area contributed by atoms with Crippen LogP contribution >= 0.6 is 35.3 Å². The summed E-state index contributed by atoms with van der Waals surface area (Å²) in [7, 11) is -4.29. The number of carbonyl (C=O) groups is 1. The Balaban J connectivity index is 1.84. The Morgan fingerprint density at radius 1 is 1.33 bits per heavy atom. The van der Waals surface area contributed by atoms with Crippen LogP contribution in [0.1, 0.15) is 27.0 Å². The first kappa shape index (κ1) is 28.6. The molecule has 1 aromatic heterocycles. The summed E-state index contributed by atoms with van der Waals surface area (Å²) in [4.78, 5) is 38.1. The lowest BCUT2D eigenvalue weighted by Gasteiger charge is -2.29. The highest BCUT2D eigenvalue weighted by Crippen LogP contribution is 2.50. The number of aliphatic hydroxyl groups is 1. The summed E-state index contributed by atoms with van der Waals surface area (Å²) in [6, 6.07) is 9.20. The molecule has 2 heterocycles. The molecule has 3 rings (SSSR count). The summed E-state index contributed by atoms with van der Waals surface area (Å²) in [6.07, 6.45) is -2.78. The predicted octanol–water partition coefficient (Wildman–Crippen LogP) is 2.26. The van der Waals surface area contributed by atoms with Gasteiger partial charge in [-0.2, -0.15) is 5.09 Å². The fourth-order valence-electron chi connectivity index (χ4n) is 3.29. The number of benzene rings is 1. The van der Waals surface area contributed by atoms with Crippen molar-refractivity contribution >= 4 is 41.2 Å². The lowest BCUT2D eigenvalue weighted by atomic mass is 10.1. The second kappa shape index (κ2) is 11.2. The third-order valence-corrected chi connectivity index (χ3v) is 8.11. The SMILES string of the molecule is CCOC(=O)C(C)(C)N[P@@](=O)(OC[C@H]1O[C@@H](n2ccc(=O)[nH]c2=O)[C@](Cl)(Br)[C@@H]1O)Oc1ccccc1. The molecule has 36 heavy (non-hydrogen) atoms. The number of hydrogen-bond donors (Lipinski definition) is 3. The van der Waals surface area contributed by atoms with E-state index in [1.165, 1.54) is 26.0 Å². The number of alkyl halides is 2. The van der Waals surface area contributed by atoms with Crippen molar-refractivity contribution in [2.45, 2.75) is 48.5 Å². The van der Waals surface area contributed by atoms with Gasteiger partial charge >= 0.3 is 19.4 Å². The minimum Gasteiger partial charge on any atom is -0.465 e. The summed E-state index contributed by atoms with van der Waals surface area (Å²) < 4.78 is 35.0. The Morgan fingerprint density at radius 3 is 2.61 bits per heavy atom. The van der Waals surface area contributed by atoms with Gasteiger partial charge in [0, 0.05) is 12.3 Å². The molecule has 0 saturated carbocycles. The number of nitrogens with one attached hydrogen (secondary N) is 2. The Hall–Kier alpha value is -1.99. The minimum absolute atomic E-state index is 0.102. The molecule has 0 unspecified atom stereocenters. The summed E-state index contributed by atoms with van der Waals surface area (Å²) in [5, 5.41) is 13.4. The van der Waals surface area contributed by atoms with E-state index in [1.54, 1.807) is 25.1 Å². The monoisotopic (exact) mass is 609 g/mol. The van der Waals surface area contributed by atoms with Gasteiger partial charge in [-0.15, -0.1) is 0 Å². The molecule has 1 aromatic carbocycles. The summed E-state index contributed by atoms with van der Waals surface area (Å²) in [5.74, 6) is -0.508. The lowest BCUT2D eigenvalue weighted by Crippen LogP contribution is -2.47. The molecule has 0 radical (unpaired) electrons. The largest absolute Gasteiger partial charge is 0.465 e. The molecule has 0 spiro atoms. The van der Waals surface area contributed by atoms with E-state index < -0.39 is 59.3 Å². The van der Waals surface area contributed by atoms with Crippen LogP contribution in [0.2, 0.25) is 0 Å². The van der Waals surface area contributed by atoms with Crippen LogP contribution in [-0.2, 0) is 23.4 Å². The van der Waals surface area contributed by atoms with Gasteiger partial charge in [-0.05, 0) is 32.9 Å². The van der Waals surface area contributed by atoms with E-state index in [0.29, 0.717) is 0 Å². The molecule has 3 N–H and O–H groups in total. The first-order chi connectivity index (χ1) is 16.8. The molecule has 0 amide bonds. The van der Waals surface area contributed by atoms with Gasteiger partial charge in [-0.25, -0.2) is 9.36 Å². The Labute approximate surface area is 219 Å². The second-order valence-electron chi connectivity index (χ2n) is 8.32. The van der Waals surface area contributed by atoms with E-state index in [2.05, 4.69) is 26.0 Å². The number of aromatic amines is 1. The van der Waals surface area contributed by atoms with Gasteiger partial charge in [0.05, 0.1) is 13.2 Å². The number of esters is 1.